The Bertz CT molecular complexity index is 1830. The minimum Gasteiger partial charge on any atom is -0.462 e. The van der Waals surface area contributed by atoms with Gasteiger partial charge in [-0.05, 0) is 57.3 Å². The van der Waals surface area contributed by atoms with Crippen molar-refractivity contribution < 1.29 is 80.2 Å². The van der Waals surface area contributed by atoms with Crippen LogP contribution >= 0.6 is 15.6 Å². The largest absolute Gasteiger partial charge is 0.472 e. The van der Waals surface area contributed by atoms with Gasteiger partial charge >= 0.3 is 39.5 Å². The second-order valence-corrected chi connectivity index (χ2v) is 28.3. The fourth-order valence-corrected chi connectivity index (χ4v) is 11.9. The van der Waals surface area contributed by atoms with Crippen molar-refractivity contribution in [3.8, 4) is 0 Å². The lowest BCUT2D eigenvalue weighted by molar-refractivity contribution is -0.161. The Morgan fingerprint density at radius 2 is 0.600 bits per heavy atom. The highest BCUT2D eigenvalue weighted by Crippen LogP contribution is 2.45. The van der Waals surface area contributed by atoms with Gasteiger partial charge in [0.25, 0.3) is 0 Å². The molecule has 17 nitrogen and oxygen atoms in total. The Hall–Kier alpha value is -2.46. The highest BCUT2D eigenvalue weighted by Gasteiger charge is 2.30. The summed E-state index contributed by atoms with van der Waals surface area (Å²) in [6.45, 7) is 7.17. The number of aliphatic hydroxyl groups is 1. The van der Waals surface area contributed by atoms with E-state index in [0.29, 0.717) is 25.7 Å². The number of aliphatic hydroxyl groups excluding tert-OH is 1. The molecule has 0 radical (unpaired) electrons. The molecule has 19 heteroatoms. The van der Waals surface area contributed by atoms with Gasteiger partial charge in [0.15, 0.2) is 12.2 Å². The molecule has 530 valence electrons. The molecule has 0 aromatic carbocycles. The highest BCUT2D eigenvalue weighted by molar-refractivity contribution is 7.47. The van der Waals surface area contributed by atoms with E-state index in [9.17, 15) is 43.2 Å². The summed E-state index contributed by atoms with van der Waals surface area (Å²) in [7, 11) is -9.91. The molecule has 5 atom stereocenters. The van der Waals surface area contributed by atoms with Crippen molar-refractivity contribution in [2.24, 2.45) is 5.92 Å². The number of esters is 4. The van der Waals surface area contributed by atoms with Crippen LogP contribution in [0.3, 0.4) is 0 Å². The van der Waals surface area contributed by atoms with Crippen molar-refractivity contribution in [1.82, 2.24) is 0 Å². The Kier molecular flexibility index (Phi) is 62.2. The van der Waals surface area contributed by atoms with Crippen LogP contribution in [0, 0.1) is 5.92 Å². The summed E-state index contributed by atoms with van der Waals surface area (Å²) in [6, 6.07) is 0. The van der Waals surface area contributed by atoms with Gasteiger partial charge < -0.3 is 33.8 Å². The monoisotopic (exact) mass is 1320 g/mol. The van der Waals surface area contributed by atoms with Crippen LogP contribution in [-0.4, -0.2) is 96.7 Å². The van der Waals surface area contributed by atoms with E-state index in [-0.39, 0.29) is 25.7 Å². The third-order valence-electron chi connectivity index (χ3n) is 15.9. The van der Waals surface area contributed by atoms with Crippen LogP contribution in [0.2, 0.25) is 0 Å². The predicted octanol–water partition coefficient (Wildman–Crippen LogP) is 20.1. The molecule has 2 unspecified atom stereocenters. The van der Waals surface area contributed by atoms with Crippen LogP contribution in [0.25, 0.3) is 0 Å². The molecule has 0 heterocycles. The minimum atomic E-state index is -4.96. The summed E-state index contributed by atoms with van der Waals surface area (Å²) in [4.78, 5) is 72.4. The number of rotatable bonds is 69. The van der Waals surface area contributed by atoms with Gasteiger partial charge in [-0.25, -0.2) is 9.13 Å². The quantitative estimate of drug-likeness (QED) is 0.0169. The Morgan fingerprint density at radius 1 is 0.344 bits per heavy atom. The zero-order chi connectivity index (χ0) is 66.3. The molecule has 0 aliphatic heterocycles. The van der Waals surface area contributed by atoms with Gasteiger partial charge in [0, 0.05) is 25.7 Å². The van der Waals surface area contributed by atoms with Crippen molar-refractivity contribution in [1.29, 1.82) is 0 Å². The molecule has 3 N–H and O–H groups in total. The van der Waals surface area contributed by atoms with Crippen LogP contribution in [-0.2, 0) is 65.4 Å². The number of phosphoric ester groups is 2. The molecular formula is C71H134O17P2. The average Bonchev–Trinajstić information content (AvgIpc) is 3.72. The normalized spacial score (nSPS) is 14.2. The van der Waals surface area contributed by atoms with Gasteiger partial charge in [0.05, 0.1) is 26.4 Å². The van der Waals surface area contributed by atoms with Gasteiger partial charge in [0.1, 0.15) is 19.3 Å². The molecule has 0 bridgehead atoms. The van der Waals surface area contributed by atoms with E-state index >= 15 is 0 Å². The van der Waals surface area contributed by atoms with Crippen LogP contribution in [0.15, 0.2) is 24.3 Å². The lowest BCUT2D eigenvalue weighted by Crippen LogP contribution is -2.30. The molecule has 0 saturated carbocycles. The number of allylic oxidation sites excluding steroid dienone is 4. The average molecular weight is 1320 g/mol. The Morgan fingerprint density at radius 3 is 0.911 bits per heavy atom. The first-order valence-corrected chi connectivity index (χ1v) is 39.4. The van der Waals surface area contributed by atoms with E-state index in [1.165, 1.54) is 148 Å². The molecule has 0 aromatic heterocycles. The third-order valence-corrected chi connectivity index (χ3v) is 17.8. The number of ether oxygens (including phenoxy) is 4. The molecule has 0 rings (SSSR count). The molecule has 0 fully saturated rings. The highest BCUT2D eigenvalue weighted by atomic mass is 31.2. The smallest absolute Gasteiger partial charge is 0.462 e. The number of hydrogen-bond acceptors (Lipinski definition) is 15. The minimum absolute atomic E-state index is 0.101. The van der Waals surface area contributed by atoms with Crippen molar-refractivity contribution in [2.45, 2.75) is 361 Å². The van der Waals surface area contributed by atoms with E-state index in [1.807, 2.05) is 0 Å². The van der Waals surface area contributed by atoms with Crippen LogP contribution < -0.4 is 0 Å². The Balaban J connectivity index is 5.24. The number of phosphoric acid groups is 2. The summed E-state index contributed by atoms with van der Waals surface area (Å²) in [5.74, 6) is -1.36. The van der Waals surface area contributed by atoms with Crippen LogP contribution in [0.1, 0.15) is 343 Å². The molecule has 90 heavy (non-hydrogen) atoms. The van der Waals surface area contributed by atoms with Crippen LogP contribution in [0.4, 0.5) is 0 Å². The lowest BCUT2D eigenvalue weighted by atomic mass is 10.0. The fraction of sp³-hybridized carbons (Fsp3) is 0.887. The second kappa shape index (κ2) is 63.9. The van der Waals surface area contributed by atoms with Crippen molar-refractivity contribution in [3.63, 3.8) is 0 Å². The lowest BCUT2D eigenvalue weighted by Gasteiger charge is -2.21. The van der Waals surface area contributed by atoms with Gasteiger partial charge in [-0.3, -0.25) is 37.3 Å². The van der Waals surface area contributed by atoms with E-state index in [0.717, 1.165) is 115 Å². The predicted molar refractivity (Wildman–Crippen MR) is 363 cm³/mol. The first-order chi connectivity index (χ1) is 43.5. The summed E-state index contributed by atoms with van der Waals surface area (Å²) in [6.07, 6.45) is 53.5. The molecule has 0 spiro atoms. The van der Waals surface area contributed by atoms with Crippen LogP contribution in [0.5, 0.6) is 0 Å². The molecule has 0 aliphatic carbocycles. The van der Waals surface area contributed by atoms with Crippen molar-refractivity contribution >= 4 is 39.5 Å². The maximum absolute atomic E-state index is 13.0. The van der Waals surface area contributed by atoms with Gasteiger partial charge in [-0.2, -0.15) is 0 Å². The number of unbranched alkanes of at least 4 members (excludes halogenated alkanes) is 38. The van der Waals surface area contributed by atoms with E-state index in [4.69, 9.17) is 37.0 Å². The maximum Gasteiger partial charge on any atom is 0.472 e. The Labute approximate surface area is 548 Å². The standard InChI is InChI=1S/C71H134O17P2/c1-6-9-12-15-18-21-22-23-24-28-31-36-40-45-50-55-69(74)82-61-67(88-71(76)57-52-47-42-37-32-29-26-25-27-30-35-38-43-48-53-64(4)5)63-86-90(79,80)84-59-65(72)58-83-89(77,78)85-62-66(87-70(75)56-51-46-41-34-20-17-14-11-8-3)60-81-68(73)54-49-44-39-33-19-16-13-10-7-2/h21-24,64-67,72H,6-20,25-63H2,1-5H3,(H,77,78)(H,79,80)/b22-21-,24-23-/t65-,66+,67+/m0/s1. The molecule has 0 aliphatic rings. The number of carbonyl (C=O) groups excluding carboxylic acids is 4. The molecule has 0 aromatic rings. The molecule has 0 amide bonds. The van der Waals surface area contributed by atoms with Gasteiger partial charge in [-0.15, -0.1) is 0 Å². The first-order valence-electron chi connectivity index (χ1n) is 36.5. The van der Waals surface area contributed by atoms with E-state index in [2.05, 4.69) is 58.9 Å². The zero-order valence-corrected chi connectivity index (χ0v) is 59.5. The third kappa shape index (κ3) is 64.3. The number of carbonyl (C=O) groups is 4. The topological polar surface area (TPSA) is 237 Å². The maximum atomic E-state index is 13.0. The van der Waals surface area contributed by atoms with Crippen molar-refractivity contribution in [2.75, 3.05) is 39.6 Å². The second-order valence-electron chi connectivity index (χ2n) is 25.4. The van der Waals surface area contributed by atoms with Crippen molar-refractivity contribution in [3.05, 3.63) is 24.3 Å². The summed E-state index contributed by atoms with van der Waals surface area (Å²) in [5.41, 5.74) is 0. The number of hydrogen-bond donors (Lipinski definition) is 3. The van der Waals surface area contributed by atoms with Gasteiger partial charge in [0.2, 0.25) is 0 Å². The molecule has 0 saturated heterocycles. The van der Waals surface area contributed by atoms with E-state index < -0.39 is 97.5 Å². The molecular weight excluding hydrogens is 1190 g/mol. The zero-order valence-electron chi connectivity index (χ0n) is 57.8. The SMILES string of the molecule is CCCCCC/C=C\C=C/CCCCCCCC(=O)OC[C@H](COP(=O)(O)OC[C@@H](O)COP(=O)(O)OC[C@@H](COC(=O)CCCCCCCCCCC)OC(=O)CCCCCCCCCCC)OC(=O)CCCCCCCCCCCCCCCCC(C)C. The van der Waals surface area contributed by atoms with Gasteiger partial charge in [-0.1, -0.05) is 290 Å². The summed E-state index contributed by atoms with van der Waals surface area (Å²) in [5, 5.41) is 10.6. The summed E-state index contributed by atoms with van der Waals surface area (Å²) >= 11 is 0. The summed E-state index contributed by atoms with van der Waals surface area (Å²) < 4.78 is 68.2. The first kappa shape index (κ1) is 87.5. The van der Waals surface area contributed by atoms with E-state index in [1.54, 1.807) is 0 Å². The fourth-order valence-electron chi connectivity index (χ4n) is 10.3.